The van der Waals surface area contributed by atoms with Crippen molar-refractivity contribution in [2.75, 3.05) is 0 Å². The van der Waals surface area contributed by atoms with Gasteiger partial charge in [0.1, 0.15) is 5.52 Å². The van der Waals surface area contributed by atoms with Gasteiger partial charge in [0.05, 0.1) is 22.6 Å². The molecule has 7 aromatic carbocycles. The van der Waals surface area contributed by atoms with Crippen LogP contribution in [0.15, 0.2) is 192 Å². The molecule has 248 valence electrons. The number of benzene rings is 7. The Labute approximate surface area is 306 Å². The lowest BCUT2D eigenvalue weighted by molar-refractivity contribution is 0.620. The van der Waals surface area contributed by atoms with Crippen LogP contribution in [0.3, 0.4) is 0 Å². The number of rotatable bonds is 6. The normalized spacial score (nSPS) is 11.4. The van der Waals surface area contributed by atoms with E-state index in [9.17, 15) is 0 Å². The first kappa shape index (κ1) is 30.6. The smallest absolute Gasteiger partial charge is 0.227 e. The van der Waals surface area contributed by atoms with E-state index in [4.69, 9.17) is 19.4 Å². The standard InChI is InChI=1S/C49H31N3O/c1-4-12-35(13-5-1)43-30-39(31-44(50-43)36-14-6-2-7-15-36)34-22-20-32(21-23-34)33-24-26-37(27-25-33)47-41-28-29-45-48(46(41)40-18-10-11-19-42(40)51-47)52-49(53-45)38-16-8-3-9-17-38/h1-31H. The molecule has 0 radical (unpaired) electrons. The second-order valence-corrected chi connectivity index (χ2v) is 13.2. The molecule has 0 saturated carbocycles. The predicted molar refractivity (Wildman–Crippen MR) is 217 cm³/mol. The van der Waals surface area contributed by atoms with Crippen molar-refractivity contribution >= 4 is 32.8 Å². The van der Waals surface area contributed by atoms with Gasteiger partial charge in [0.25, 0.3) is 0 Å². The molecule has 0 saturated heterocycles. The van der Waals surface area contributed by atoms with Gasteiger partial charge in [-0.25, -0.2) is 15.0 Å². The van der Waals surface area contributed by atoms with Crippen molar-refractivity contribution in [1.29, 1.82) is 0 Å². The third kappa shape index (κ3) is 5.63. The predicted octanol–water partition coefficient (Wildman–Crippen LogP) is 12.9. The number of para-hydroxylation sites is 1. The fourth-order valence-corrected chi connectivity index (χ4v) is 7.24. The quantitative estimate of drug-likeness (QED) is 0.164. The topological polar surface area (TPSA) is 51.8 Å². The van der Waals surface area contributed by atoms with Gasteiger partial charge in [-0.05, 0) is 64.7 Å². The average molecular weight is 678 g/mol. The van der Waals surface area contributed by atoms with E-state index in [0.717, 1.165) is 94.4 Å². The summed E-state index contributed by atoms with van der Waals surface area (Å²) in [6.07, 6.45) is 0. The number of pyridine rings is 2. The van der Waals surface area contributed by atoms with Gasteiger partial charge in [-0.3, -0.25) is 0 Å². The Morgan fingerprint density at radius 2 is 0.849 bits per heavy atom. The Balaban J connectivity index is 1.01. The first-order valence-corrected chi connectivity index (χ1v) is 17.8. The molecule has 0 unspecified atom stereocenters. The largest absolute Gasteiger partial charge is 0.436 e. The molecule has 10 aromatic rings. The fraction of sp³-hybridized carbons (Fsp3) is 0. The molecule has 4 nitrogen and oxygen atoms in total. The highest BCUT2D eigenvalue weighted by Crippen LogP contribution is 2.39. The minimum absolute atomic E-state index is 0.614. The Morgan fingerprint density at radius 3 is 1.45 bits per heavy atom. The van der Waals surface area contributed by atoms with Gasteiger partial charge in [-0.1, -0.05) is 146 Å². The third-order valence-corrected chi connectivity index (χ3v) is 9.92. The van der Waals surface area contributed by atoms with Crippen LogP contribution < -0.4 is 0 Å². The van der Waals surface area contributed by atoms with Gasteiger partial charge in [-0.15, -0.1) is 0 Å². The maximum Gasteiger partial charge on any atom is 0.227 e. The molecule has 3 heterocycles. The van der Waals surface area contributed by atoms with E-state index in [1.54, 1.807) is 0 Å². The lowest BCUT2D eigenvalue weighted by Crippen LogP contribution is -1.91. The number of fused-ring (bicyclic) bond motifs is 5. The Bertz CT molecular complexity index is 2840. The maximum atomic E-state index is 6.28. The van der Waals surface area contributed by atoms with Crippen LogP contribution in [0, 0.1) is 0 Å². The minimum Gasteiger partial charge on any atom is -0.436 e. The lowest BCUT2D eigenvalue weighted by Gasteiger charge is -2.12. The zero-order chi connectivity index (χ0) is 35.1. The fourth-order valence-electron chi connectivity index (χ4n) is 7.24. The van der Waals surface area contributed by atoms with E-state index >= 15 is 0 Å². The Morgan fingerprint density at radius 1 is 0.340 bits per heavy atom. The molecule has 0 spiro atoms. The van der Waals surface area contributed by atoms with Crippen molar-refractivity contribution in [3.8, 4) is 67.5 Å². The molecule has 0 amide bonds. The number of oxazole rings is 1. The summed E-state index contributed by atoms with van der Waals surface area (Å²) in [5.74, 6) is 0.614. The van der Waals surface area contributed by atoms with E-state index in [2.05, 4.69) is 133 Å². The second kappa shape index (κ2) is 12.9. The van der Waals surface area contributed by atoms with Gasteiger partial charge in [0.2, 0.25) is 5.89 Å². The number of hydrogen-bond acceptors (Lipinski definition) is 4. The molecule has 10 rings (SSSR count). The lowest BCUT2D eigenvalue weighted by atomic mass is 9.96. The second-order valence-electron chi connectivity index (χ2n) is 13.2. The van der Waals surface area contributed by atoms with Crippen molar-refractivity contribution in [3.63, 3.8) is 0 Å². The molecule has 0 fully saturated rings. The molecule has 4 heteroatoms. The van der Waals surface area contributed by atoms with Crippen LogP contribution in [0.2, 0.25) is 0 Å². The third-order valence-electron chi connectivity index (χ3n) is 9.92. The molecule has 53 heavy (non-hydrogen) atoms. The van der Waals surface area contributed by atoms with E-state index in [1.165, 1.54) is 0 Å². The van der Waals surface area contributed by atoms with E-state index in [1.807, 2.05) is 54.6 Å². The molecule has 3 aromatic heterocycles. The van der Waals surface area contributed by atoms with E-state index in [-0.39, 0.29) is 0 Å². The number of aromatic nitrogens is 3. The zero-order valence-electron chi connectivity index (χ0n) is 28.6. The van der Waals surface area contributed by atoms with Gasteiger partial charge in [0, 0.05) is 38.4 Å². The average Bonchev–Trinajstić information content (AvgIpc) is 3.69. The molecule has 0 N–H and O–H groups in total. The van der Waals surface area contributed by atoms with Gasteiger partial charge < -0.3 is 4.42 Å². The van der Waals surface area contributed by atoms with Gasteiger partial charge in [-0.2, -0.15) is 0 Å². The van der Waals surface area contributed by atoms with Crippen LogP contribution in [0.1, 0.15) is 0 Å². The molecule has 0 atom stereocenters. The SMILES string of the molecule is c1ccc(-c2cc(-c3ccc(-c4ccc(-c5nc6ccccc6c6c5ccc5oc(-c7ccccc7)nc56)cc4)cc3)cc(-c3ccccc3)n2)cc1. The highest BCUT2D eigenvalue weighted by Gasteiger charge is 2.18. The highest BCUT2D eigenvalue weighted by atomic mass is 16.3. The van der Waals surface area contributed by atoms with Crippen molar-refractivity contribution in [2.45, 2.75) is 0 Å². The van der Waals surface area contributed by atoms with Crippen LogP contribution in [-0.2, 0) is 0 Å². The van der Waals surface area contributed by atoms with Gasteiger partial charge >= 0.3 is 0 Å². The summed E-state index contributed by atoms with van der Waals surface area (Å²) >= 11 is 0. The molecule has 0 aliphatic rings. The molecule has 0 aliphatic carbocycles. The number of hydrogen-bond donors (Lipinski definition) is 0. The highest BCUT2D eigenvalue weighted by molar-refractivity contribution is 6.20. The molecule has 0 bridgehead atoms. The Kier molecular flexibility index (Phi) is 7.43. The van der Waals surface area contributed by atoms with Crippen molar-refractivity contribution < 1.29 is 4.42 Å². The van der Waals surface area contributed by atoms with Crippen LogP contribution in [0.5, 0.6) is 0 Å². The van der Waals surface area contributed by atoms with Crippen molar-refractivity contribution in [3.05, 3.63) is 188 Å². The van der Waals surface area contributed by atoms with Crippen LogP contribution in [-0.4, -0.2) is 15.0 Å². The summed E-state index contributed by atoms with van der Waals surface area (Å²) in [5, 5.41) is 3.15. The minimum atomic E-state index is 0.614. The molecular weight excluding hydrogens is 647 g/mol. The molecular formula is C49H31N3O. The number of nitrogens with zero attached hydrogens (tertiary/aromatic N) is 3. The van der Waals surface area contributed by atoms with Crippen molar-refractivity contribution in [1.82, 2.24) is 15.0 Å². The molecule has 0 aliphatic heterocycles. The van der Waals surface area contributed by atoms with Gasteiger partial charge in [0.15, 0.2) is 5.58 Å². The summed E-state index contributed by atoms with van der Waals surface area (Å²) in [6, 6.07) is 65.1. The maximum absolute atomic E-state index is 6.28. The summed E-state index contributed by atoms with van der Waals surface area (Å²) in [6.45, 7) is 0. The monoisotopic (exact) mass is 677 g/mol. The first-order valence-electron chi connectivity index (χ1n) is 17.8. The van der Waals surface area contributed by atoms with Crippen LogP contribution in [0.25, 0.3) is 100 Å². The summed E-state index contributed by atoms with van der Waals surface area (Å²) in [7, 11) is 0. The summed E-state index contributed by atoms with van der Waals surface area (Å²) in [4.78, 5) is 15.3. The first-order chi connectivity index (χ1) is 26.2. The van der Waals surface area contributed by atoms with E-state index < -0.39 is 0 Å². The zero-order valence-corrected chi connectivity index (χ0v) is 28.6. The summed E-state index contributed by atoms with van der Waals surface area (Å²) < 4.78 is 6.28. The van der Waals surface area contributed by atoms with Crippen LogP contribution in [0.4, 0.5) is 0 Å². The Hall–Kier alpha value is -7.17. The van der Waals surface area contributed by atoms with E-state index in [0.29, 0.717) is 5.89 Å². The summed E-state index contributed by atoms with van der Waals surface area (Å²) in [5.41, 5.74) is 14.1. The van der Waals surface area contributed by atoms with Crippen molar-refractivity contribution in [2.24, 2.45) is 0 Å². The van der Waals surface area contributed by atoms with Crippen LogP contribution >= 0.6 is 0 Å².